The normalized spacial score (nSPS) is 18.3. The molecule has 19 heavy (non-hydrogen) atoms. The molecule has 1 atom stereocenters. The Labute approximate surface area is 116 Å². The van der Waals surface area contributed by atoms with E-state index in [-0.39, 0.29) is 6.10 Å². The Bertz CT molecular complexity index is 603. The maximum atomic E-state index is 5.96. The van der Waals surface area contributed by atoms with Crippen molar-refractivity contribution in [1.82, 2.24) is 15.3 Å². The van der Waals surface area contributed by atoms with Crippen LogP contribution in [0.5, 0.6) is 5.88 Å². The maximum Gasteiger partial charge on any atom is 0.220 e. The van der Waals surface area contributed by atoms with E-state index in [1.165, 1.54) is 0 Å². The Morgan fingerprint density at radius 2 is 2.16 bits per heavy atom. The van der Waals surface area contributed by atoms with Crippen LogP contribution in [-0.2, 0) is 6.54 Å². The van der Waals surface area contributed by atoms with Crippen LogP contribution in [-0.4, -0.2) is 16.5 Å². The zero-order valence-electron chi connectivity index (χ0n) is 10.6. The van der Waals surface area contributed by atoms with Gasteiger partial charge in [-0.2, -0.15) is 0 Å². The molecule has 3 rings (SSSR count). The molecule has 0 fully saturated rings. The van der Waals surface area contributed by atoms with Gasteiger partial charge in [0.15, 0.2) is 6.10 Å². The van der Waals surface area contributed by atoms with Gasteiger partial charge in [-0.15, -0.1) is 0 Å². The summed E-state index contributed by atoms with van der Waals surface area (Å²) < 4.78 is 5.96. The monoisotopic (exact) mass is 275 g/mol. The molecule has 0 aliphatic carbocycles. The fourth-order valence-corrected chi connectivity index (χ4v) is 2.25. The highest BCUT2D eigenvalue weighted by molar-refractivity contribution is 6.29. The quantitative estimate of drug-likeness (QED) is 0.813. The number of pyridine rings is 2. The molecule has 0 saturated heterocycles. The Morgan fingerprint density at radius 3 is 3.00 bits per heavy atom. The number of hydrogen-bond acceptors (Lipinski definition) is 4. The fourth-order valence-electron chi connectivity index (χ4n) is 2.11. The minimum Gasteiger partial charge on any atom is -0.466 e. The second kappa shape index (κ2) is 5.15. The van der Waals surface area contributed by atoms with Crippen molar-refractivity contribution in [3.05, 3.63) is 52.4 Å². The Kier molecular flexibility index (Phi) is 3.36. The summed E-state index contributed by atoms with van der Waals surface area (Å²) >= 11 is 5.92. The van der Waals surface area contributed by atoms with Crippen LogP contribution in [0.2, 0.25) is 5.15 Å². The number of aryl methyl sites for hydroxylation is 1. The number of rotatable bonds is 1. The summed E-state index contributed by atoms with van der Waals surface area (Å²) in [6.07, 6.45) is -0.146. The van der Waals surface area contributed by atoms with Crippen LogP contribution >= 0.6 is 11.6 Å². The van der Waals surface area contributed by atoms with E-state index in [4.69, 9.17) is 16.3 Å². The van der Waals surface area contributed by atoms with E-state index in [0.717, 1.165) is 23.5 Å². The summed E-state index contributed by atoms with van der Waals surface area (Å²) in [6, 6.07) is 9.63. The van der Waals surface area contributed by atoms with Gasteiger partial charge in [-0.25, -0.2) is 4.98 Å². The van der Waals surface area contributed by atoms with E-state index in [1.807, 2.05) is 31.2 Å². The molecule has 1 N–H and O–H groups in total. The Hall–Kier alpha value is -1.65. The van der Waals surface area contributed by atoms with Crippen molar-refractivity contribution in [3.63, 3.8) is 0 Å². The fraction of sp³-hybridized carbons (Fsp3) is 0.286. The largest absolute Gasteiger partial charge is 0.466 e. The van der Waals surface area contributed by atoms with E-state index in [1.54, 1.807) is 6.07 Å². The number of nitrogens with zero attached hydrogens (tertiary/aromatic N) is 2. The van der Waals surface area contributed by atoms with E-state index >= 15 is 0 Å². The smallest absolute Gasteiger partial charge is 0.220 e. The standard InChI is InChI=1S/C14H14ClN3O/c1-9-3-2-4-11(17-9)12-8-16-7-10-5-6-13(15)18-14(10)19-12/h2-6,12,16H,7-8H2,1H3. The van der Waals surface area contributed by atoms with Gasteiger partial charge in [0.25, 0.3) is 0 Å². The van der Waals surface area contributed by atoms with Gasteiger partial charge in [-0.1, -0.05) is 17.7 Å². The first kappa shape index (κ1) is 12.4. The second-order valence-corrected chi connectivity index (χ2v) is 4.93. The minimum atomic E-state index is -0.146. The molecule has 1 aliphatic heterocycles. The van der Waals surface area contributed by atoms with Crippen molar-refractivity contribution >= 4 is 11.6 Å². The van der Waals surface area contributed by atoms with Gasteiger partial charge in [0, 0.05) is 24.3 Å². The Balaban J connectivity index is 1.93. The van der Waals surface area contributed by atoms with Crippen molar-refractivity contribution in [2.45, 2.75) is 19.6 Å². The van der Waals surface area contributed by atoms with Crippen molar-refractivity contribution in [1.29, 1.82) is 0 Å². The predicted octanol–water partition coefficient (Wildman–Crippen LogP) is 2.66. The summed E-state index contributed by atoms with van der Waals surface area (Å²) in [6.45, 7) is 3.39. The summed E-state index contributed by atoms with van der Waals surface area (Å²) in [7, 11) is 0. The van der Waals surface area contributed by atoms with Crippen LogP contribution in [0.25, 0.3) is 0 Å². The van der Waals surface area contributed by atoms with Gasteiger partial charge in [0.2, 0.25) is 5.88 Å². The predicted molar refractivity (Wildman–Crippen MR) is 73.3 cm³/mol. The van der Waals surface area contributed by atoms with Crippen molar-refractivity contribution in [2.75, 3.05) is 6.54 Å². The molecule has 0 bridgehead atoms. The number of fused-ring (bicyclic) bond motifs is 1. The number of hydrogen-bond donors (Lipinski definition) is 1. The highest BCUT2D eigenvalue weighted by atomic mass is 35.5. The lowest BCUT2D eigenvalue weighted by Crippen LogP contribution is -2.22. The molecule has 2 aromatic heterocycles. The van der Waals surface area contributed by atoms with Crippen molar-refractivity contribution in [3.8, 4) is 5.88 Å². The molecule has 5 heteroatoms. The van der Waals surface area contributed by atoms with Crippen LogP contribution in [0.1, 0.15) is 23.1 Å². The zero-order valence-corrected chi connectivity index (χ0v) is 11.3. The Morgan fingerprint density at radius 1 is 1.26 bits per heavy atom. The molecule has 0 amide bonds. The van der Waals surface area contributed by atoms with Gasteiger partial charge in [0.05, 0.1) is 5.69 Å². The maximum absolute atomic E-state index is 5.96. The molecule has 0 aromatic carbocycles. The van der Waals surface area contributed by atoms with E-state index in [9.17, 15) is 0 Å². The molecule has 1 unspecified atom stereocenters. The van der Waals surface area contributed by atoms with Gasteiger partial charge in [-0.3, -0.25) is 4.98 Å². The second-order valence-electron chi connectivity index (χ2n) is 4.54. The van der Waals surface area contributed by atoms with Crippen LogP contribution in [0, 0.1) is 6.92 Å². The van der Waals surface area contributed by atoms with Crippen LogP contribution in [0.4, 0.5) is 0 Å². The highest BCUT2D eigenvalue weighted by Crippen LogP contribution is 2.26. The van der Waals surface area contributed by atoms with Crippen LogP contribution in [0.15, 0.2) is 30.3 Å². The molecule has 0 spiro atoms. The lowest BCUT2D eigenvalue weighted by molar-refractivity contribution is 0.197. The summed E-state index contributed by atoms with van der Waals surface area (Å²) in [4.78, 5) is 8.76. The summed E-state index contributed by atoms with van der Waals surface area (Å²) in [5.74, 6) is 0.589. The molecule has 4 nitrogen and oxygen atoms in total. The summed E-state index contributed by atoms with van der Waals surface area (Å²) in [5.41, 5.74) is 2.89. The third-order valence-corrected chi connectivity index (χ3v) is 3.25. The molecule has 3 heterocycles. The average molecular weight is 276 g/mol. The molecular formula is C14H14ClN3O. The topological polar surface area (TPSA) is 47.0 Å². The van der Waals surface area contributed by atoms with Crippen LogP contribution in [0.3, 0.4) is 0 Å². The average Bonchev–Trinajstić information content (AvgIpc) is 2.60. The molecule has 1 aliphatic rings. The SMILES string of the molecule is Cc1cccc(C2CNCc3ccc(Cl)nc3O2)n1. The first-order valence-electron chi connectivity index (χ1n) is 6.19. The highest BCUT2D eigenvalue weighted by Gasteiger charge is 2.21. The van der Waals surface area contributed by atoms with E-state index in [0.29, 0.717) is 17.6 Å². The molecule has 0 radical (unpaired) electrons. The van der Waals surface area contributed by atoms with Crippen molar-refractivity contribution < 1.29 is 4.74 Å². The number of ether oxygens (including phenoxy) is 1. The zero-order chi connectivity index (χ0) is 13.2. The third-order valence-electron chi connectivity index (χ3n) is 3.04. The number of aromatic nitrogens is 2. The molecule has 0 saturated carbocycles. The molecular weight excluding hydrogens is 262 g/mol. The summed E-state index contributed by atoms with van der Waals surface area (Å²) in [5, 5.41) is 3.78. The van der Waals surface area contributed by atoms with E-state index < -0.39 is 0 Å². The number of nitrogens with one attached hydrogen (secondary N) is 1. The first-order chi connectivity index (χ1) is 9.22. The van der Waals surface area contributed by atoms with Crippen molar-refractivity contribution in [2.24, 2.45) is 0 Å². The lowest BCUT2D eigenvalue weighted by Gasteiger charge is -2.16. The van der Waals surface area contributed by atoms with Gasteiger partial charge in [0.1, 0.15) is 5.15 Å². The van der Waals surface area contributed by atoms with Gasteiger partial charge < -0.3 is 10.1 Å². The van der Waals surface area contributed by atoms with Gasteiger partial charge >= 0.3 is 0 Å². The first-order valence-corrected chi connectivity index (χ1v) is 6.56. The van der Waals surface area contributed by atoms with Crippen LogP contribution < -0.4 is 10.1 Å². The minimum absolute atomic E-state index is 0.146. The molecule has 2 aromatic rings. The number of halogens is 1. The van der Waals surface area contributed by atoms with E-state index in [2.05, 4.69) is 15.3 Å². The van der Waals surface area contributed by atoms with Gasteiger partial charge in [-0.05, 0) is 31.2 Å². The third kappa shape index (κ3) is 2.69. The molecule has 98 valence electrons. The lowest BCUT2D eigenvalue weighted by atomic mass is 10.2.